The van der Waals surface area contributed by atoms with Crippen molar-refractivity contribution >= 4 is 34.1 Å². The maximum Gasteiger partial charge on any atom is 0.0462 e. The number of hydrogen-bond acceptors (Lipinski definition) is 2. The van der Waals surface area contributed by atoms with Gasteiger partial charge in [-0.15, -0.1) is 0 Å². The van der Waals surface area contributed by atoms with Crippen molar-refractivity contribution in [3.05, 3.63) is 168 Å². The highest BCUT2D eigenvalue weighted by atomic mass is 15.1. The third-order valence-electron chi connectivity index (χ3n) is 11.2. The van der Waals surface area contributed by atoms with Gasteiger partial charge in [-0.05, 0) is 138 Å². The minimum atomic E-state index is 0.336. The lowest BCUT2D eigenvalue weighted by molar-refractivity contribution is 0.296. The third-order valence-corrected chi connectivity index (χ3v) is 11.2. The Bertz CT molecular complexity index is 1950. The van der Waals surface area contributed by atoms with Gasteiger partial charge in [-0.25, -0.2) is 0 Å². The molecule has 0 bridgehead atoms. The maximum atomic E-state index is 2.41. The molecule has 0 aromatic heterocycles. The van der Waals surface area contributed by atoms with E-state index in [2.05, 4.69) is 196 Å². The van der Waals surface area contributed by atoms with Crippen LogP contribution in [0.25, 0.3) is 11.1 Å². The first-order valence-electron chi connectivity index (χ1n) is 20.1. The molecule has 0 N–H and O–H groups in total. The molecule has 0 heterocycles. The molecule has 0 aliphatic heterocycles. The van der Waals surface area contributed by atoms with Crippen LogP contribution in [0.3, 0.4) is 0 Å². The van der Waals surface area contributed by atoms with Gasteiger partial charge in [-0.1, -0.05) is 139 Å². The molecule has 0 aliphatic rings. The summed E-state index contributed by atoms with van der Waals surface area (Å²) in [6, 6.07) is 56.3. The molecule has 272 valence electrons. The van der Waals surface area contributed by atoms with Gasteiger partial charge < -0.3 is 9.80 Å². The summed E-state index contributed by atoms with van der Waals surface area (Å²) >= 11 is 0. The smallest absolute Gasteiger partial charge is 0.0462 e. The molecule has 2 heteroatoms. The molecule has 53 heavy (non-hydrogen) atoms. The van der Waals surface area contributed by atoms with Crippen LogP contribution in [0, 0.1) is 5.41 Å². The van der Waals surface area contributed by atoms with Crippen molar-refractivity contribution in [2.45, 2.75) is 92.4 Å². The fourth-order valence-electron chi connectivity index (χ4n) is 7.22. The van der Waals surface area contributed by atoms with Gasteiger partial charge in [0.25, 0.3) is 0 Å². The summed E-state index contributed by atoms with van der Waals surface area (Å²) < 4.78 is 0. The molecule has 0 radical (unpaired) electrons. The van der Waals surface area contributed by atoms with E-state index < -0.39 is 0 Å². The van der Waals surface area contributed by atoms with Crippen LogP contribution in [0.2, 0.25) is 0 Å². The van der Waals surface area contributed by atoms with Crippen molar-refractivity contribution in [3.8, 4) is 11.1 Å². The highest BCUT2D eigenvalue weighted by Gasteiger charge is 2.21. The van der Waals surface area contributed by atoms with Gasteiger partial charge in [0.05, 0.1) is 0 Å². The molecule has 0 unspecified atom stereocenters. The largest absolute Gasteiger partial charge is 0.311 e. The number of para-hydroxylation sites is 1. The maximum absolute atomic E-state index is 2.41. The lowest BCUT2D eigenvalue weighted by Crippen LogP contribution is -2.17. The predicted molar refractivity (Wildman–Crippen MR) is 231 cm³/mol. The first kappa shape index (κ1) is 37.7. The van der Waals surface area contributed by atoms with Crippen LogP contribution in [0.5, 0.6) is 0 Å². The van der Waals surface area contributed by atoms with Gasteiger partial charge in [-0.3, -0.25) is 0 Å². The average molecular weight is 699 g/mol. The molecule has 0 saturated heterocycles. The van der Waals surface area contributed by atoms with Gasteiger partial charge in [0.1, 0.15) is 0 Å². The summed E-state index contributed by atoms with van der Waals surface area (Å²) in [5, 5.41) is 0. The minimum absolute atomic E-state index is 0.336. The van der Waals surface area contributed by atoms with Crippen molar-refractivity contribution in [1.29, 1.82) is 0 Å². The molecule has 6 aromatic carbocycles. The van der Waals surface area contributed by atoms with Gasteiger partial charge in [0, 0.05) is 34.1 Å². The molecular formula is C51H58N2. The monoisotopic (exact) mass is 698 g/mol. The summed E-state index contributed by atoms with van der Waals surface area (Å²) in [5.41, 5.74) is 13.9. The zero-order chi connectivity index (χ0) is 37.0. The standard InChI is InChI=1S/C51H58N2/c1-6-10-15-40-19-29-46(30-20-40)52(45-17-13-12-14-18-45)49-35-25-43(26-36-49)44-27-37-50(38-28-44)53(47-31-21-41(22-32-47)16-11-7-2)48-33-23-42(24-34-48)39-51(5,8-3)9-4/h12-14,17-38H,6-11,15-16,39H2,1-5H3. The van der Waals surface area contributed by atoms with Gasteiger partial charge in [0.2, 0.25) is 0 Å². The predicted octanol–water partition coefficient (Wildman–Crippen LogP) is 15.3. The van der Waals surface area contributed by atoms with Crippen molar-refractivity contribution in [1.82, 2.24) is 0 Å². The Morgan fingerprint density at radius 2 is 0.698 bits per heavy atom. The van der Waals surface area contributed by atoms with E-state index in [1.807, 2.05) is 0 Å². The Hall–Kier alpha value is -5.08. The third kappa shape index (κ3) is 9.48. The van der Waals surface area contributed by atoms with Crippen molar-refractivity contribution in [2.75, 3.05) is 9.80 Å². The molecule has 0 amide bonds. The summed E-state index contributed by atoms with van der Waals surface area (Å²) in [4.78, 5) is 4.74. The zero-order valence-corrected chi connectivity index (χ0v) is 32.7. The fraction of sp³-hybridized carbons (Fsp3) is 0.294. The number of nitrogens with zero attached hydrogens (tertiary/aromatic N) is 2. The molecule has 0 aliphatic carbocycles. The van der Waals surface area contributed by atoms with E-state index >= 15 is 0 Å². The molecule has 0 spiro atoms. The van der Waals surface area contributed by atoms with Crippen molar-refractivity contribution in [3.63, 3.8) is 0 Å². The van der Waals surface area contributed by atoms with Crippen LogP contribution < -0.4 is 9.80 Å². The Balaban J connectivity index is 1.27. The Morgan fingerprint density at radius 3 is 1.04 bits per heavy atom. The van der Waals surface area contributed by atoms with E-state index in [0.717, 1.165) is 36.3 Å². The lowest BCUT2D eigenvalue weighted by atomic mass is 9.79. The quantitative estimate of drug-likeness (QED) is 0.0935. The zero-order valence-electron chi connectivity index (χ0n) is 32.7. The SMILES string of the molecule is CCCCc1ccc(N(c2ccccc2)c2ccc(-c3ccc(N(c4ccc(CCCC)cc4)c4ccc(CC(C)(CC)CC)cc4)cc3)cc2)cc1. The Labute approximate surface area is 320 Å². The first-order chi connectivity index (χ1) is 25.9. The van der Waals surface area contributed by atoms with E-state index in [1.54, 1.807) is 0 Å². The summed E-state index contributed by atoms with van der Waals surface area (Å²) in [5.74, 6) is 0. The number of aryl methyl sites for hydroxylation is 2. The number of hydrogen-bond donors (Lipinski definition) is 0. The fourth-order valence-corrected chi connectivity index (χ4v) is 7.22. The summed E-state index contributed by atoms with van der Waals surface area (Å²) in [7, 11) is 0. The minimum Gasteiger partial charge on any atom is -0.311 e. The van der Waals surface area contributed by atoms with Gasteiger partial charge in [0.15, 0.2) is 0 Å². The number of unbranched alkanes of at least 4 members (excludes halogenated alkanes) is 2. The van der Waals surface area contributed by atoms with E-state index in [-0.39, 0.29) is 0 Å². The second-order valence-electron chi connectivity index (χ2n) is 15.0. The van der Waals surface area contributed by atoms with Crippen LogP contribution in [0.4, 0.5) is 34.1 Å². The average Bonchev–Trinajstić information content (AvgIpc) is 3.22. The van der Waals surface area contributed by atoms with Crippen LogP contribution in [-0.4, -0.2) is 0 Å². The van der Waals surface area contributed by atoms with E-state index in [9.17, 15) is 0 Å². The van der Waals surface area contributed by atoms with Crippen LogP contribution in [-0.2, 0) is 19.3 Å². The molecule has 0 saturated carbocycles. The molecule has 6 rings (SSSR count). The topological polar surface area (TPSA) is 6.48 Å². The number of anilines is 6. The highest BCUT2D eigenvalue weighted by Crippen LogP contribution is 2.39. The van der Waals surface area contributed by atoms with Crippen molar-refractivity contribution < 1.29 is 0 Å². The second kappa shape index (κ2) is 18.1. The second-order valence-corrected chi connectivity index (χ2v) is 15.0. The van der Waals surface area contributed by atoms with E-state index in [0.29, 0.717) is 5.41 Å². The molecule has 6 aromatic rings. The Morgan fingerprint density at radius 1 is 0.377 bits per heavy atom. The van der Waals surface area contributed by atoms with Gasteiger partial charge in [-0.2, -0.15) is 0 Å². The van der Waals surface area contributed by atoms with Gasteiger partial charge >= 0.3 is 0 Å². The molecular weight excluding hydrogens is 641 g/mol. The van der Waals surface area contributed by atoms with Crippen LogP contribution >= 0.6 is 0 Å². The van der Waals surface area contributed by atoms with Crippen molar-refractivity contribution in [2.24, 2.45) is 5.41 Å². The number of rotatable bonds is 17. The van der Waals surface area contributed by atoms with E-state index in [4.69, 9.17) is 0 Å². The first-order valence-corrected chi connectivity index (χ1v) is 20.1. The summed E-state index contributed by atoms with van der Waals surface area (Å²) in [6.45, 7) is 11.6. The normalized spacial score (nSPS) is 11.4. The highest BCUT2D eigenvalue weighted by molar-refractivity contribution is 5.80. The number of benzene rings is 6. The van der Waals surface area contributed by atoms with Crippen LogP contribution in [0.15, 0.2) is 152 Å². The summed E-state index contributed by atoms with van der Waals surface area (Å²) in [6.07, 6.45) is 10.6. The van der Waals surface area contributed by atoms with E-state index in [1.165, 1.54) is 83.4 Å². The Kier molecular flexibility index (Phi) is 12.9. The molecule has 2 nitrogen and oxygen atoms in total. The molecule has 0 fully saturated rings. The molecule has 0 atom stereocenters. The van der Waals surface area contributed by atoms with Crippen LogP contribution in [0.1, 0.15) is 89.8 Å². The lowest BCUT2D eigenvalue weighted by Gasteiger charge is -2.28.